The SMILES string of the molecule is CCn1cc(COc2ccc(N)cc2C(C)=O)cn1. The van der Waals surface area contributed by atoms with Gasteiger partial charge in [0.2, 0.25) is 0 Å². The Bertz CT molecular complexity index is 590. The van der Waals surface area contributed by atoms with Crippen molar-refractivity contribution in [3.05, 3.63) is 41.7 Å². The van der Waals surface area contributed by atoms with E-state index < -0.39 is 0 Å². The van der Waals surface area contributed by atoms with Crippen LogP contribution in [0.4, 0.5) is 5.69 Å². The third-order valence-electron chi connectivity index (χ3n) is 2.79. The second-order valence-electron chi connectivity index (χ2n) is 4.30. The summed E-state index contributed by atoms with van der Waals surface area (Å²) < 4.78 is 7.49. The monoisotopic (exact) mass is 259 g/mol. The van der Waals surface area contributed by atoms with Crippen molar-refractivity contribution in [3.8, 4) is 5.75 Å². The molecule has 5 nitrogen and oxygen atoms in total. The van der Waals surface area contributed by atoms with Gasteiger partial charge in [0.15, 0.2) is 5.78 Å². The smallest absolute Gasteiger partial charge is 0.163 e. The summed E-state index contributed by atoms with van der Waals surface area (Å²) in [6, 6.07) is 5.07. The molecule has 0 aliphatic rings. The lowest BCUT2D eigenvalue weighted by atomic mass is 10.1. The Kier molecular flexibility index (Phi) is 3.85. The third kappa shape index (κ3) is 3.13. The number of nitrogens with two attached hydrogens (primary N) is 1. The van der Waals surface area contributed by atoms with Gasteiger partial charge in [-0.1, -0.05) is 0 Å². The minimum atomic E-state index is -0.0634. The van der Waals surface area contributed by atoms with Crippen molar-refractivity contribution >= 4 is 11.5 Å². The average molecular weight is 259 g/mol. The van der Waals surface area contributed by atoms with Crippen LogP contribution in [0.3, 0.4) is 0 Å². The molecule has 1 aromatic carbocycles. The Morgan fingerprint density at radius 1 is 1.47 bits per heavy atom. The van der Waals surface area contributed by atoms with Gasteiger partial charge in [-0.3, -0.25) is 9.48 Å². The molecule has 100 valence electrons. The van der Waals surface area contributed by atoms with Gasteiger partial charge in [0.05, 0.1) is 11.8 Å². The molecule has 0 spiro atoms. The highest BCUT2D eigenvalue weighted by Gasteiger charge is 2.09. The molecule has 0 unspecified atom stereocenters. The number of nitrogen functional groups attached to an aromatic ring is 1. The molecule has 0 radical (unpaired) electrons. The number of hydrogen-bond acceptors (Lipinski definition) is 4. The molecule has 0 saturated heterocycles. The van der Waals surface area contributed by atoms with Crippen LogP contribution in [-0.4, -0.2) is 15.6 Å². The Morgan fingerprint density at radius 3 is 2.89 bits per heavy atom. The number of benzene rings is 1. The highest BCUT2D eigenvalue weighted by molar-refractivity contribution is 5.97. The molecule has 1 aromatic heterocycles. The van der Waals surface area contributed by atoms with E-state index in [-0.39, 0.29) is 5.78 Å². The van der Waals surface area contributed by atoms with Gasteiger partial charge in [0.1, 0.15) is 12.4 Å². The number of anilines is 1. The lowest BCUT2D eigenvalue weighted by Crippen LogP contribution is -2.02. The van der Waals surface area contributed by atoms with Gasteiger partial charge in [-0.25, -0.2) is 0 Å². The molecule has 0 aliphatic heterocycles. The number of aryl methyl sites for hydroxylation is 1. The second kappa shape index (κ2) is 5.56. The molecule has 0 aliphatic carbocycles. The number of hydrogen-bond donors (Lipinski definition) is 1. The fourth-order valence-corrected chi connectivity index (χ4v) is 1.76. The molecule has 2 rings (SSSR count). The van der Waals surface area contributed by atoms with Crippen LogP contribution in [0.5, 0.6) is 5.75 Å². The molecule has 2 aromatic rings. The van der Waals surface area contributed by atoms with Crippen molar-refractivity contribution in [2.75, 3.05) is 5.73 Å². The van der Waals surface area contributed by atoms with Crippen LogP contribution >= 0.6 is 0 Å². The predicted octanol–water partition coefficient (Wildman–Crippen LogP) is 2.27. The minimum absolute atomic E-state index is 0.0634. The van der Waals surface area contributed by atoms with Crippen LogP contribution in [0.25, 0.3) is 0 Å². The highest BCUT2D eigenvalue weighted by Crippen LogP contribution is 2.22. The average Bonchev–Trinajstić information content (AvgIpc) is 2.85. The number of ketones is 1. The van der Waals surface area contributed by atoms with E-state index in [1.807, 2.05) is 17.8 Å². The van der Waals surface area contributed by atoms with Gasteiger partial charge in [-0.05, 0) is 32.0 Å². The molecule has 0 amide bonds. The Balaban J connectivity index is 2.12. The molecule has 0 fully saturated rings. The number of rotatable bonds is 5. The Hall–Kier alpha value is -2.30. The molecule has 1 heterocycles. The van der Waals surface area contributed by atoms with Crippen LogP contribution < -0.4 is 10.5 Å². The molecule has 2 N–H and O–H groups in total. The molecule has 0 atom stereocenters. The van der Waals surface area contributed by atoms with Crippen molar-refractivity contribution in [3.63, 3.8) is 0 Å². The second-order valence-corrected chi connectivity index (χ2v) is 4.30. The maximum Gasteiger partial charge on any atom is 0.163 e. The normalized spacial score (nSPS) is 10.4. The van der Waals surface area contributed by atoms with Crippen LogP contribution in [0.1, 0.15) is 29.8 Å². The van der Waals surface area contributed by atoms with Gasteiger partial charge in [0, 0.05) is 24.0 Å². The number of ether oxygens (including phenoxy) is 1. The summed E-state index contributed by atoms with van der Waals surface area (Å²) in [6.07, 6.45) is 3.68. The summed E-state index contributed by atoms with van der Waals surface area (Å²) in [6.45, 7) is 4.72. The molecule has 19 heavy (non-hydrogen) atoms. The van der Waals surface area contributed by atoms with Crippen molar-refractivity contribution < 1.29 is 9.53 Å². The Labute approximate surface area is 112 Å². The number of carbonyl (C=O) groups excluding carboxylic acids is 1. The van der Waals surface area contributed by atoms with Gasteiger partial charge < -0.3 is 10.5 Å². The van der Waals surface area contributed by atoms with E-state index in [1.54, 1.807) is 24.4 Å². The molecule has 5 heteroatoms. The van der Waals surface area contributed by atoms with Crippen LogP contribution in [0.2, 0.25) is 0 Å². The largest absolute Gasteiger partial charge is 0.488 e. The van der Waals surface area contributed by atoms with E-state index in [9.17, 15) is 4.79 Å². The van der Waals surface area contributed by atoms with Crippen LogP contribution in [-0.2, 0) is 13.2 Å². The zero-order valence-corrected chi connectivity index (χ0v) is 11.1. The van der Waals surface area contributed by atoms with Crippen LogP contribution in [0.15, 0.2) is 30.6 Å². The van der Waals surface area contributed by atoms with Crippen molar-refractivity contribution in [2.24, 2.45) is 0 Å². The maximum atomic E-state index is 11.5. The summed E-state index contributed by atoms with van der Waals surface area (Å²) >= 11 is 0. The third-order valence-corrected chi connectivity index (χ3v) is 2.79. The number of Topliss-reactive ketones (excluding diaryl/α,β-unsaturated/α-hetero) is 1. The lowest BCUT2D eigenvalue weighted by molar-refractivity contribution is 0.101. The summed E-state index contributed by atoms with van der Waals surface area (Å²) in [5, 5.41) is 4.17. The summed E-state index contributed by atoms with van der Waals surface area (Å²) in [7, 11) is 0. The maximum absolute atomic E-state index is 11.5. The highest BCUT2D eigenvalue weighted by atomic mass is 16.5. The van der Waals surface area contributed by atoms with Crippen molar-refractivity contribution in [1.29, 1.82) is 0 Å². The summed E-state index contributed by atoms with van der Waals surface area (Å²) in [5.41, 5.74) is 7.69. The van der Waals surface area contributed by atoms with Crippen LogP contribution in [0, 0.1) is 0 Å². The zero-order chi connectivity index (χ0) is 13.8. The summed E-state index contributed by atoms with van der Waals surface area (Å²) in [5.74, 6) is 0.484. The van der Waals surface area contributed by atoms with Gasteiger partial charge in [-0.15, -0.1) is 0 Å². The minimum Gasteiger partial charge on any atom is -0.488 e. The van der Waals surface area contributed by atoms with Gasteiger partial charge >= 0.3 is 0 Å². The number of carbonyl (C=O) groups is 1. The first kappa shape index (κ1) is 13.1. The zero-order valence-electron chi connectivity index (χ0n) is 11.1. The van der Waals surface area contributed by atoms with E-state index in [1.165, 1.54) is 6.92 Å². The topological polar surface area (TPSA) is 70.1 Å². The molecule has 0 saturated carbocycles. The molecular formula is C14H17N3O2. The number of nitrogens with zero attached hydrogens (tertiary/aromatic N) is 2. The Morgan fingerprint density at radius 2 is 2.26 bits per heavy atom. The van der Waals surface area contributed by atoms with E-state index >= 15 is 0 Å². The first-order valence-electron chi connectivity index (χ1n) is 6.14. The first-order chi connectivity index (χ1) is 9.10. The van der Waals surface area contributed by atoms with E-state index in [0.29, 0.717) is 23.6 Å². The van der Waals surface area contributed by atoms with Gasteiger partial charge in [0.25, 0.3) is 0 Å². The lowest BCUT2D eigenvalue weighted by Gasteiger charge is -2.09. The standard InChI is InChI=1S/C14H17N3O2/c1-3-17-8-11(7-16-17)9-19-14-5-4-12(15)6-13(14)10(2)18/h4-8H,3,9,15H2,1-2H3. The first-order valence-corrected chi connectivity index (χ1v) is 6.14. The fourth-order valence-electron chi connectivity index (χ4n) is 1.76. The molecule has 0 bridgehead atoms. The van der Waals surface area contributed by atoms with E-state index in [4.69, 9.17) is 10.5 Å². The van der Waals surface area contributed by atoms with E-state index in [0.717, 1.165) is 12.1 Å². The fraction of sp³-hybridized carbons (Fsp3) is 0.286. The van der Waals surface area contributed by atoms with Crippen molar-refractivity contribution in [1.82, 2.24) is 9.78 Å². The quantitative estimate of drug-likeness (QED) is 0.660. The predicted molar refractivity (Wildman–Crippen MR) is 73.1 cm³/mol. The van der Waals surface area contributed by atoms with Crippen molar-refractivity contribution in [2.45, 2.75) is 27.0 Å². The number of aromatic nitrogens is 2. The molecular weight excluding hydrogens is 242 g/mol. The van der Waals surface area contributed by atoms with E-state index in [2.05, 4.69) is 5.10 Å². The van der Waals surface area contributed by atoms with Gasteiger partial charge in [-0.2, -0.15) is 5.10 Å². The summed E-state index contributed by atoms with van der Waals surface area (Å²) in [4.78, 5) is 11.5.